The number of thiophene rings is 2. The summed E-state index contributed by atoms with van der Waals surface area (Å²) in [7, 11) is 0. The molecule has 0 radical (unpaired) electrons. The zero-order valence-corrected chi connectivity index (χ0v) is 17.7. The van der Waals surface area contributed by atoms with Crippen LogP contribution >= 0.6 is 22.7 Å². The minimum Gasteiger partial charge on any atom is -0.289 e. The topological polar surface area (TPSA) is 93.1 Å². The summed E-state index contributed by atoms with van der Waals surface area (Å²) in [6.45, 7) is 1.78. The Kier molecular flexibility index (Phi) is 5.73. The number of rotatable bonds is 5. The fourth-order valence-corrected chi connectivity index (χ4v) is 4.70. The van der Waals surface area contributed by atoms with E-state index in [4.69, 9.17) is 0 Å². The van der Waals surface area contributed by atoms with Crippen molar-refractivity contribution in [1.82, 2.24) is 20.4 Å². The summed E-state index contributed by atoms with van der Waals surface area (Å²) in [4.78, 5) is 43.3. The van der Waals surface area contributed by atoms with Gasteiger partial charge in [-0.3, -0.25) is 29.8 Å². The second kappa shape index (κ2) is 8.60. The first-order valence-electron chi connectivity index (χ1n) is 9.25. The predicted molar refractivity (Wildman–Crippen MR) is 119 cm³/mol. The number of aryl methyl sites for hydroxylation is 1. The van der Waals surface area contributed by atoms with Crippen LogP contribution < -0.4 is 16.4 Å². The molecule has 0 saturated heterocycles. The maximum absolute atomic E-state index is 12.9. The van der Waals surface area contributed by atoms with Gasteiger partial charge in [-0.25, -0.2) is 4.98 Å². The zero-order valence-electron chi connectivity index (χ0n) is 16.0. The monoisotopic (exact) mass is 438 g/mol. The van der Waals surface area contributed by atoms with Crippen molar-refractivity contribution < 1.29 is 9.59 Å². The summed E-state index contributed by atoms with van der Waals surface area (Å²) in [5.41, 5.74) is 6.80. The van der Waals surface area contributed by atoms with Crippen LogP contribution in [0.2, 0.25) is 0 Å². The molecule has 3 heterocycles. The lowest BCUT2D eigenvalue weighted by Gasteiger charge is -2.09. The van der Waals surface area contributed by atoms with Crippen LogP contribution in [-0.4, -0.2) is 21.4 Å². The summed E-state index contributed by atoms with van der Waals surface area (Å²) in [5.74, 6) is -0.950. The molecule has 0 fully saturated rings. The van der Waals surface area contributed by atoms with Crippen molar-refractivity contribution in [3.8, 4) is 10.4 Å². The van der Waals surface area contributed by atoms with Crippen LogP contribution in [0.4, 0.5) is 0 Å². The number of carbonyl (C=O) groups excluding carboxylic acids is 2. The first-order valence-corrected chi connectivity index (χ1v) is 11.0. The molecule has 9 heteroatoms. The van der Waals surface area contributed by atoms with Crippen molar-refractivity contribution in [2.45, 2.75) is 19.9 Å². The summed E-state index contributed by atoms with van der Waals surface area (Å²) in [5, 5.41) is 4.34. The second-order valence-corrected chi connectivity index (χ2v) is 8.34. The van der Waals surface area contributed by atoms with Crippen molar-refractivity contribution in [2.75, 3.05) is 0 Å². The molecule has 3 aromatic heterocycles. The van der Waals surface area contributed by atoms with Gasteiger partial charge in [0.2, 0.25) is 0 Å². The van der Waals surface area contributed by atoms with Gasteiger partial charge in [-0.1, -0.05) is 25.1 Å². The molecule has 0 aliphatic heterocycles. The lowest BCUT2D eigenvalue weighted by atomic mass is 10.1. The van der Waals surface area contributed by atoms with Gasteiger partial charge in [0.1, 0.15) is 11.4 Å². The van der Waals surface area contributed by atoms with E-state index >= 15 is 0 Å². The standard InChI is InChI=1S/C21H18N4O3S2/c1-2-13-5-7-14(8-6-13)19(27)24-23-17(26)10-25-12-22-20-18(21(25)28)15(11-30-20)16-4-3-9-29-16/h3-9,11-12H,2,10H2,1H3,(H,23,26)(H,24,27). The first kappa shape index (κ1) is 20.0. The van der Waals surface area contributed by atoms with E-state index in [1.165, 1.54) is 33.6 Å². The van der Waals surface area contributed by atoms with Crippen molar-refractivity contribution in [3.63, 3.8) is 0 Å². The Morgan fingerprint density at radius 1 is 1.10 bits per heavy atom. The fraction of sp³-hybridized carbons (Fsp3) is 0.143. The summed E-state index contributed by atoms with van der Waals surface area (Å²) in [6, 6.07) is 11.0. The Labute approximate surface area is 180 Å². The van der Waals surface area contributed by atoms with Crippen LogP contribution in [0.25, 0.3) is 20.7 Å². The van der Waals surface area contributed by atoms with E-state index in [9.17, 15) is 14.4 Å². The average Bonchev–Trinajstić information content (AvgIpc) is 3.44. The Balaban J connectivity index is 1.46. The molecule has 0 bridgehead atoms. The number of hydrogen-bond donors (Lipinski definition) is 2. The highest BCUT2D eigenvalue weighted by molar-refractivity contribution is 7.18. The lowest BCUT2D eigenvalue weighted by Crippen LogP contribution is -2.44. The van der Waals surface area contributed by atoms with Crippen LogP contribution in [0, 0.1) is 0 Å². The van der Waals surface area contributed by atoms with Gasteiger partial charge in [0, 0.05) is 21.4 Å². The molecule has 7 nitrogen and oxygen atoms in total. The van der Waals surface area contributed by atoms with Gasteiger partial charge >= 0.3 is 0 Å². The number of aromatic nitrogens is 2. The van der Waals surface area contributed by atoms with Crippen molar-refractivity contribution in [1.29, 1.82) is 0 Å². The summed E-state index contributed by atoms with van der Waals surface area (Å²) in [6.07, 6.45) is 2.23. The molecule has 2 amide bonds. The minimum atomic E-state index is -0.523. The summed E-state index contributed by atoms with van der Waals surface area (Å²) < 4.78 is 1.24. The third kappa shape index (κ3) is 4.03. The fourth-order valence-electron chi connectivity index (χ4n) is 2.98. The molecular formula is C21H18N4O3S2. The quantitative estimate of drug-likeness (QED) is 0.468. The normalized spacial score (nSPS) is 10.8. The Morgan fingerprint density at radius 3 is 2.60 bits per heavy atom. The van der Waals surface area contributed by atoms with E-state index in [1.807, 2.05) is 41.9 Å². The summed E-state index contributed by atoms with van der Waals surface area (Å²) >= 11 is 2.93. The number of fused-ring (bicyclic) bond motifs is 1. The van der Waals surface area contributed by atoms with Crippen molar-refractivity contribution >= 4 is 44.7 Å². The highest BCUT2D eigenvalue weighted by Gasteiger charge is 2.15. The molecule has 1 aromatic carbocycles. The molecule has 152 valence electrons. The van der Waals surface area contributed by atoms with E-state index in [1.54, 1.807) is 12.1 Å². The van der Waals surface area contributed by atoms with Crippen LogP contribution in [0.3, 0.4) is 0 Å². The lowest BCUT2D eigenvalue weighted by molar-refractivity contribution is -0.122. The molecule has 0 saturated carbocycles. The number of hydrazine groups is 1. The SMILES string of the molecule is CCc1ccc(C(=O)NNC(=O)Cn2cnc3scc(-c4cccs4)c3c2=O)cc1. The van der Waals surface area contributed by atoms with Gasteiger partial charge in [-0.05, 0) is 35.6 Å². The molecular weight excluding hydrogens is 420 g/mol. The molecule has 0 spiro atoms. The van der Waals surface area contributed by atoms with Crippen molar-refractivity contribution in [3.05, 3.63) is 75.0 Å². The van der Waals surface area contributed by atoms with E-state index in [2.05, 4.69) is 15.8 Å². The van der Waals surface area contributed by atoms with E-state index in [0.29, 0.717) is 15.8 Å². The Bertz CT molecular complexity index is 1260. The number of amides is 2. The smallest absolute Gasteiger partial charge is 0.269 e. The highest BCUT2D eigenvalue weighted by atomic mass is 32.1. The number of nitrogens with zero attached hydrogens (tertiary/aromatic N) is 2. The highest BCUT2D eigenvalue weighted by Crippen LogP contribution is 2.33. The van der Waals surface area contributed by atoms with E-state index in [0.717, 1.165) is 22.4 Å². The Morgan fingerprint density at radius 2 is 1.90 bits per heavy atom. The van der Waals surface area contributed by atoms with Crippen LogP contribution in [0.1, 0.15) is 22.8 Å². The zero-order chi connectivity index (χ0) is 21.1. The number of carbonyl (C=O) groups is 2. The van der Waals surface area contributed by atoms with Gasteiger partial charge in [0.05, 0.1) is 11.7 Å². The van der Waals surface area contributed by atoms with Gasteiger partial charge in [0.15, 0.2) is 0 Å². The molecule has 4 rings (SSSR count). The van der Waals surface area contributed by atoms with Crippen LogP contribution in [-0.2, 0) is 17.8 Å². The largest absolute Gasteiger partial charge is 0.289 e. The maximum atomic E-state index is 12.9. The number of benzene rings is 1. The number of hydrogen-bond acceptors (Lipinski definition) is 6. The molecule has 2 N–H and O–H groups in total. The van der Waals surface area contributed by atoms with Crippen molar-refractivity contribution in [2.24, 2.45) is 0 Å². The van der Waals surface area contributed by atoms with E-state index in [-0.39, 0.29) is 12.1 Å². The van der Waals surface area contributed by atoms with Gasteiger partial charge in [-0.2, -0.15) is 0 Å². The number of nitrogens with one attached hydrogen (secondary N) is 2. The van der Waals surface area contributed by atoms with Crippen LogP contribution in [0.5, 0.6) is 0 Å². The van der Waals surface area contributed by atoms with Gasteiger partial charge < -0.3 is 0 Å². The van der Waals surface area contributed by atoms with Gasteiger partial charge in [0.25, 0.3) is 17.4 Å². The van der Waals surface area contributed by atoms with E-state index < -0.39 is 11.8 Å². The average molecular weight is 439 g/mol. The third-order valence-electron chi connectivity index (χ3n) is 4.60. The second-order valence-electron chi connectivity index (χ2n) is 6.54. The molecule has 0 aliphatic carbocycles. The molecule has 30 heavy (non-hydrogen) atoms. The first-order chi connectivity index (χ1) is 14.6. The molecule has 0 aliphatic rings. The van der Waals surface area contributed by atoms with Crippen LogP contribution in [0.15, 0.2) is 58.3 Å². The third-order valence-corrected chi connectivity index (χ3v) is 6.39. The maximum Gasteiger partial charge on any atom is 0.269 e. The Hall–Kier alpha value is -3.30. The predicted octanol–water partition coefficient (Wildman–Crippen LogP) is 3.21. The van der Waals surface area contributed by atoms with Gasteiger partial charge in [-0.15, -0.1) is 22.7 Å². The minimum absolute atomic E-state index is 0.253. The molecule has 0 unspecified atom stereocenters. The molecule has 0 atom stereocenters. The molecule has 4 aromatic rings.